The number of aromatic nitrogens is 2. The molecule has 1 rings (SSSR count). The maximum Gasteiger partial charge on any atom is 0.207 e. The Hall–Kier alpha value is -0.665. The van der Waals surface area contributed by atoms with E-state index in [1.165, 1.54) is 0 Å². The molecule has 0 atom stereocenters. The lowest BCUT2D eigenvalue weighted by atomic mass is 9.42. The molecule has 0 unspecified atom stereocenters. The molecule has 0 aliphatic carbocycles. The van der Waals surface area contributed by atoms with Crippen LogP contribution in [0.1, 0.15) is 11.7 Å². The molecule has 0 N–H and O–H groups in total. The van der Waals surface area contributed by atoms with E-state index in [1.807, 2.05) is 0 Å². The van der Waals surface area contributed by atoms with Crippen LogP contribution < -0.4 is 0 Å². The lowest BCUT2D eigenvalue weighted by Gasteiger charge is -2.11. The molecule has 0 spiro atoms. The average molecular weight is 128 g/mol. The van der Waals surface area contributed by atoms with E-state index >= 15 is 0 Å². The van der Waals surface area contributed by atoms with Crippen LogP contribution in [-0.4, -0.2) is 33.7 Å². The van der Waals surface area contributed by atoms with E-state index < -0.39 is 5.11 Å². The number of hydrogen-bond donors (Lipinski definition) is 0. The fourth-order valence-electron chi connectivity index (χ4n) is 0.473. The molecule has 1 heterocycles. The molecular formula is C4H3B3N2O. The van der Waals surface area contributed by atoms with Crippen LogP contribution in [0.25, 0.3) is 0 Å². The second kappa shape index (κ2) is 2.18. The molecule has 0 fully saturated rings. The smallest absolute Gasteiger partial charge is 0.207 e. The lowest BCUT2D eigenvalue weighted by molar-refractivity contribution is 0.378. The molecule has 44 valence electrons. The van der Waals surface area contributed by atoms with E-state index in [2.05, 4.69) is 14.7 Å². The summed E-state index contributed by atoms with van der Waals surface area (Å²) in [6, 6.07) is 0. The highest BCUT2D eigenvalue weighted by Crippen LogP contribution is 2.08. The van der Waals surface area contributed by atoms with E-state index in [9.17, 15) is 0 Å². The van der Waals surface area contributed by atoms with Crippen molar-refractivity contribution in [2.45, 2.75) is 12.0 Å². The van der Waals surface area contributed by atoms with Gasteiger partial charge in [-0.25, -0.2) is 0 Å². The van der Waals surface area contributed by atoms with Crippen LogP contribution >= 0.6 is 0 Å². The Morgan fingerprint density at radius 1 is 1.40 bits per heavy atom. The van der Waals surface area contributed by atoms with Gasteiger partial charge < -0.3 is 4.52 Å². The molecule has 0 aliphatic rings. The molecule has 0 amide bonds. The van der Waals surface area contributed by atoms with Crippen LogP contribution in [0.5, 0.6) is 0 Å². The largest absolute Gasteiger partial charge is 0.341 e. The van der Waals surface area contributed by atoms with E-state index in [-0.39, 0.29) is 5.89 Å². The monoisotopic (exact) mass is 128 g/mol. The van der Waals surface area contributed by atoms with Gasteiger partial charge in [0.05, 0.1) is 23.5 Å². The lowest BCUT2D eigenvalue weighted by Crippen LogP contribution is -2.27. The van der Waals surface area contributed by atoms with Crippen LogP contribution in [-0.2, 0) is 5.11 Å². The van der Waals surface area contributed by atoms with Crippen LogP contribution in [0.3, 0.4) is 0 Å². The first-order chi connectivity index (χ1) is 4.50. The van der Waals surface area contributed by atoms with Crippen molar-refractivity contribution in [2.75, 3.05) is 0 Å². The Morgan fingerprint density at radius 3 is 2.20 bits per heavy atom. The normalized spacial score (nSPS) is 11.7. The highest BCUT2D eigenvalue weighted by Gasteiger charge is 2.18. The number of hydrogen-bond acceptors (Lipinski definition) is 3. The molecule has 0 saturated heterocycles. The van der Waals surface area contributed by atoms with E-state index in [4.69, 9.17) is 23.5 Å². The second-order valence-corrected chi connectivity index (χ2v) is 2.08. The summed E-state index contributed by atoms with van der Waals surface area (Å²) >= 11 is 0. The zero-order valence-electron chi connectivity index (χ0n) is 5.53. The predicted molar refractivity (Wildman–Crippen MR) is 38.0 cm³/mol. The van der Waals surface area contributed by atoms with Crippen LogP contribution in [0, 0.1) is 6.92 Å². The first-order valence-electron chi connectivity index (χ1n) is 2.67. The SMILES string of the molecule is [B]C([B])([B])c1nc(C)no1. The molecule has 6 radical (unpaired) electrons. The van der Waals surface area contributed by atoms with Gasteiger partial charge >= 0.3 is 0 Å². The van der Waals surface area contributed by atoms with Crippen molar-refractivity contribution in [1.29, 1.82) is 0 Å². The fraction of sp³-hybridized carbons (Fsp3) is 0.500. The predicted octanol–water partition coefficient (Wildman–Crippen LogP) is -1.01. The van der Waals surface area contributed by atoms with Crippen molar-refractivity contribution in [2.24, 2.45) is 0 Å². The molecule has 0 bridgehead atoms. The van der Waals surface area contributed by atoms with Crippen molar-refractivity contribution in [3.63, 3.8) is 0 Å². The van der Waals surface area contributed by atoms with Crippen LogP contribution in [0.4, 0.5) is 0 Å². The zero-order chi connectivity index (χ0) is 7.78. The minimum absolute atomic E-state index is 0.0324. The summed E-state index contributed by atoms with van der Waals surface area (Å²) in [6.07, 6.45) is 0. The highest BCUT2D eigenvalue weighted by atomic mass is 16.5. The minimum atomic E-state index is -1.53. The van der Waals surface area contributed by atoms with Crippen molar-refractivity contribution < 1.29 is 4.52 Å². The topological polar surface area (TPSA) is 38.9 Å². The summed E-state index contributed by atoms with van der Waals surface area (Å²) in [6.45, 7) is 1.65. The molecule has 1 aromatic rings. The number of nitrogens with zero attached hydrogens (tertiary/aromatic N) is 2. The Labute approximate surface area is 62.8 Å². The third kappa shape index (κ3) is 1.43. The van der Waals surface area contributed by atoms with Crippen molar-refractivity contribution >= 4 is 23.5 Å². The maximum absolute atomic E-state index is 5.23. The van der Waals surface area contributed by atoms with E-state index in [1.54, 1.807) is 6.92 Å². The van der Waals surface area contributed by atoms with Crippen LogP contribution in [0.2, 0.25) is 0 Å². The summed E-state index contributed by atoms with van der Waals surface area (Å²) in [7, 11) is 15.7. The third-order valence-electron chi connectivity index (χ3n) is 0.898. The Morgan fingerprint density at radius 2 is 2.00 bits per heavy atom. The Kier molecular flexibility index (Phi) is 1.62. The zero-order valence-corrected chi connectivity index (χ0v) is 5.53. The third-order valence-corrected chi connectivity index (χ3v) is 0.898. The van der Waals surface area contributed by atoms with Gasteiger partial charge in [-0.05, 0) is 6.92 Å². The molecular weight excluding hydrogens is 124 g/mol. The second-order valence-electron chi connectivity index (χ2n) is 2.08. The summed E-state index contributed by atoms with van der Waals surface area (Å²) in [5, 5.41) is 1.93. The molecule has 10 heavy (non-hydrogen) atoms. The van der Waals surface area contributed by atoms with Crippen LogP contribution in [0.15, 0.2) is 4.52 Å². The highest BCUT2D eigenvalue weighted by molar-refractivity contribution is 6.58. The molecule has 1 aromatic heterocycles. The van der Waals surface area contributed by atoms with Gasteiger partial charge in [-0.15, -0.1) is 0 Å². The molecule has 0 aliphatic heterocycles. The fourth-order valence-corrected chi connectivity index (χ4v) is 0.473. The number of aryl methyl sites for hydroxylation is 1. The first kappa shape index (κ1) is 7.44. The number of rotatable bonds is 1. The van der Waals surface area contributed by atoms with Crippen molar-refractivity contribution in [1.82, 2.24) is 10.1 Å². The Bertz CT molecular complexity index is 229. The molecule has 0 aromatic carbocycles. The van der Waals surface area contributed by atoms with Gasteiger partial charge in [-0.3, -0.25) is 0 Å². The summed E-state index contributed by atoms with van der Waals surface area (Å²) in [5.74, 6) is 0.491. The quantitative estimate of drug-likeness (QED) is 0.454. The molecule has 3 nitrogen and oxygen atoms in total. The molecule has 0 saturated carbocycles. The van der Waals surface area contributed by atoms with Gasteiger partial charge in [0.2, 0.25) is 5.89 Å². The summed E-state index contributed by atoms with van der Waals surface area (Å²) < 4.78 is 4.59. The van der Waals surface area contributed by atoms with E-state index in [0.29, 0.717) is 5.82 Å². The molecule has 6 heteroatoms. The minimum Gasteiger partial charge on any atom is -0.341 e. The van der Waals surface area contributed by atoms with Gasteiger partial charge in [0.25, 0.3) is 0 Å². The summed E-state index contributed by atoms with van der Waals surface area (Å²) in [5.41, 5.74) is 0. The van der Waals surface area contributed by atoms with Gasteiger partial charge in [0, 0.05) is 0 Å². The van der Waals surface area contributed by atoms with Gasteiger partial charge in [-0.2, -0.15) is 4.98 Å². The van der Waals surface area contributed by atoms with Gasteiger partial charge in [0.1, 0.15) is 0 Å². The Balaban J connectivity index is 2.96. The first-order valence-corrected chi connectivity index (χ1v) is 2.67. The van der Waals surface area contributed by atoms with Crippen molar-refractivity contribution in [3.05, 3.63) is 11.7 Å². The van der Waals surface area contributed by atoms with Gasteiger partial charge in [-0.1, -0.05) is 10.3 Å². The van der Waals surface area contributed by atoms with Gasteiger partial charge in [0.15, 0.2) is 5.82 Å². The summed E-state index contributed by atoms with van der Waals surface area (Å²) in [4.78, 5) is 3.73. The standard InChI is InChI=1S/C4H3B3N2O/c1-2-8-3(10-9-2)4(5,6)7/h1H3. The maximum atomic E-state index is 5.23. The average Bonchev–Trinajstić information content (AvgIpc) is 2.11. The van der Waals surface area contributed by atoms with E-state index in [0.717, 1.165) is 0 Å². The van der Waals surface area contributed by atoms with Crippen molar-refractivity contribution in [3.8, 4) is 0 Å².